The summed E-state index contributed by atoms with van der Waals surface area (Å²) < 4.78 is 24.3. The van der Waals surface area contributed by atoms with Crippen LogP contribution in [0.3, 0.4) is 0 Å². The number of hydrogen-bond acceptors (Lipinski definition) is 5. The highest BCUT2D eigenvalue weighted by Crippen LogP contribution is 2.38. The first-order valence-corrected chi connectivity index (χ1v) is 6.52. The van der Waals surface area contributed by atoms with Gasteiger partial charge in [-0.15, -0.1) is 9.52 Å². The van der Waals surface area contributed by atoms with Crippen molar-refractivity contribution in [3.05, 3.63) is 6.58 Å². The van der Waals surface area contributed by atoms with Crippen molar-refractivity contribution in [2.24, 2.45) is 10.8 Å². The Kier molecular flexibility index (Phi) is 2.41. The lowest BCUT2D eigenvalue weighted by Crippen LogP contribution is -2.46. The van der Waals surface area contributed by atoms with Crippen LogP contribution in [0.4, 0.5) is 0 Å². The van der Waals surface area contributed by atoms with E-state index in [2.05, 4.69) is 17.6 Å². The van der Waals surface area contributed by atoms with Crippen molar-refractivity contribution in [3.63, 3.8) is 0 Å². The van der Waals surface area contributed by atoms with Crippen molar-refractivity contribution in [1.29, 1.82) is 0 Å². The van der Waals surface area contributed by atoms with Gasteiger partial charge in [-0.05, 0) is 32.3 Å². The predicted molar refractivity (Wildman–Crippen MR) is 58.0 cm³/mol. The molecule has 1 amide bonds. The number of amides is 1. The summed E-state index contributed by atoms with van der Waals surface area (Å²) in [4.78, 5) is 11.9. The van der Waals surface area contributed by atoms with E-state index >= 15 is 0 Å². The molecule has 2 rings (SSSR count). The lowest BCUT2D eigenvalue weighted by atomic mass is 10.3. The van der Waals surface area contributed by atoms with Crippen LogP contribution in [-0.4, -0.2) is 35.4 Å². The summed E-state index contributed by atoms with van der Waals surface area (Å²) in [6.07, 6.45) is 2.12. The minimum absolute atomic E-state index is 0.477. The van der Waals surface area contributed by atoms with Crippen molar-refractivity contribution in [1.82, 2.24) is 4.41 Å². The summed E-state index contributed by atoms with van der Waals surface area (Å²) >= 11 is 0. The Morgan fingerprint density at radius 1 is 1.50 bits per heavy atom. The lowest BCUT2D eigenvalue weighted by molar-refractivity contribution is -0.128. The fourth-order valence-electron chi connectivity index (χ4n) is 1.33. The number of hydrazone groups is 1. The lowest BCUT2D eigenvalue weighted by Gasteiger charge is -2.18. The van der Waals surface area contributed by atoms with E-state index in [1.807, 2.05) is 0 Å². The second-order valence-corrected chi connectivity index (χ2v) is 6.25. The van der Waals surface area contributed by atoms with Crippen LogP contribution in [0.15, 0.2) is 11.7 Å². The quantitative estimate of drug-likeness (QED) is 0.535. The zero-order chi connectivity index (χ0) is 12.0. The number of nitrogens with zero attached hydrogens (tertiary/aromatic N) is 2. The molecule has 88 valence electrons. The molecule has 0 aromatic heterocycles. The molecule has 0 unspecified atom stereocenters. The van der Waals surface area contributed by atoms with Crippen LogP contribution in [0.1, 0.15) is 25.7 Å². The molecule has 0 saturated heterocycles. The van der Waals surface area contributed by atoms with Gasteiger partial charge in [0.2, 0.25) is 0 Å². The molecule has 2 aliphatic rings. The number of carbonyl (C=O) groups is 1. The molecule has 2 N–H and O–H groups in total. The maximum Gasteiger partial charge on any atom is 0.277 e. The Morgan fingerprint density at radius 3 is 2.44 bits per heavy atom. The summed E-state index contributed by atoms with van der Waals surface area (Å²) in [6.45, 7) is 3.19. The maximum atomic E-state index is 11.9. The van der Waals surface area contributed by atoms with Crippen LogP contribution < -0.4 is 5.73 Å². The van der Waals surface area contributed by atoms with Crippen molar-refractivity contribution in [3.8, 4) is 0 Å². The second kappa shape index (κ2) is 3.41. The third kappa shape index (κ3) is 1.77. The average Bonchev–Trinajstić information content (AvgIpc) is 3.05. The highest BCUT2D eigenvalue weighted by molar-refractivity contribution is 7.90. The monoisotopic (exact) mass is 243 g/mol. The molecule has 6 nitrogen and oxygen atoms in total. The molecular formula is C9H13N3O3S. The van der Waals surface area contributed by atoms with Gasteiger partial charge in [0.1, 0.15) is 0 Å². The molecule has 2 aliphatic carbocycles. The van der Waals surface area contributed by atoms with Crippen LogP contribution >= 0.6 is 0 Å². The molecule has 0 radical (unpaired) electrons. The largest absolute Gasteiger partial charge is 0.317 e. The first-order valence-electron chi connectivity index (χ1n) is 5.02. The molecule has 7 heteroatoms. The number of carbonyl (C=O) groups excluding carboxylic acids is 1. The average molecular weight is 243 g/mol. The first-order chi connectivity index (χ1) is 7.42. The van der Waals surface area contributed by atoms with E-state index < -0.39 is 26.7 Å². The third-order valence-electron chi connectivity index (χ3n) is 2.74. The fourth-order valence-corrected chi connectivity index (χ4v) is 2.93. The second-order valence-electron chi connectivity index (χ2n) is 4.21. The molecule has 2 saturated carbocycles. The van der Waals surface area contributed by atoms with E-state index in [9.17, 15) is 13.2 Å². The van der Waals surface area contributed by atoms with E-state index in [0.29, 0.717) is 30.1 Å². The van der Waals surface area contributed by atoms with E-state index in [-0.39, 0.29) is 0 Å². The molecule has 0 aromatic rings. The molecule has 0 atom stereocenters. The Balaban J connectivity index is 2.30. The number of sulfonamides is 1. The fraction of sp³-hybridized carbons (Fsp3) is 0.667. The van der Waals surface area contributed by atoms with E-state index in [1.54, 1.807) is 0 Å². The van der Waals surface area contributed by atoms with Gasteiger partial charge in [0, 0.05) is 5.87 Å². The summed E-state index contributed by atoms with van der Waals surface area (Å²) in [5.41, 5.74) is 4.62. The van der Waals surface area contributed by atoms with Crippen LogP contribution in [-0.2, 0) is 14.8 Å². The zero-order valence-corrected chi connectivity index (χ0v) is 9.53. The molecule has 16 heavy (non-hydrogen) atoms. The number of hydrogen-bond donors (Lipinski definition) is 1. The Hall–Kier alpha value is -1.17. The van der Waals surface area contributed by atoms with E-state index in [1.165, 1.54) is 0 Å². The van der Waals surface area contributed by atoms with Crippen molar-refractivity contribution in [2.45, 2.75) is 36.5 Å². The summed E-state index contributed by atoms with van der Waals surface area (Å²) in [5, 5.41) is 2.91. The number of rotatable bonds is 4. The van der Waals surface area contributed by atoms with E-state index in [0.717, 1.165) is 0 Å². The number of nitrogens with two attached hydrogens (primary N) is 1. The van der Waals surface area contributed by atoms with Gasteiger partial charge in [-0.1, -0.05) is 0 Å². The van der Waals surface area contributed by atoms with Crippen LogP contribution in [0, 0.1) is 0 Å². The molecular weight excluding hydrogens is 230 g/mol. The molecule has 0 aliphatic heterocycles. The Bertz CT molecular complexity index is 470. The molecule has 0 spiro atoms. The van der Waals surface area contributed by atoms with Crippen molar-refractivity contribution < 1.29 is 13.2 Å². The normalized spacial score (nSPS) is 22.1. The first kappa shape index (κ1) is 11.3. The van der Waals surface area contributed by atoms with Gasteiger partial charge in [-0.2, -0.15) is 0 Å². The van der Waals surface area contributed by atoms with Gasteiger partial charge >= 0.3 is 0 Å². The smallest absolute Gasteiger partial charge is 0.277 e. The summed E-state index contributed by atoms with van der Waals surface area (Å²) in [7, 11) is -3.70. The van der Waals surface area contributed by atoms with Crippen molar-refractivity contribution in [2.75, 3.05) is 0 Å². The standard InChI is InChI=1S/C9H13N3O3S/c1-2-11-12(8(13)9(10)5-6-9)16(14,15)7-3-4-7/h7H,1,3-6,10H2. The highest BCUT2D eigenvalue weighted by Gasteiger charge is 2.53. The molecule has 2 fully saturated rings. The van der Waals surface area contributed by atoms with Gasteiger partial charge in [0.25, 0.3) is 15.9 Å². The molecule has 0 bridgehead atoms. The van der Waals surface area contributed by atoms with Gasteiger partial charge in [0.05, 0.1) is 10.8 Å². The summed E-state index contributed by atoms with van der Waals surface area (Å²) in [6, 6.07) is 0. The molecule has 0 heterocycles. The highest BCUT2D eigenvalue weighted by atomic mass is 32.2. The van der Waals surface area contributed by atoms with Gasteiger partial charge in [0.15, 0.2) is 0 Å². The third-order valence-corrected chi connectivity index (χ3v) is 4.78. The van der Waals surface area contributed by atoms with Crippen LogP contribution in [0.5, 0.6) is 0 Å². The minimum Gasteiger partial charge on any atom is -0.317 e. The molecule has 0 aromatic carbocycles. The van der Waals surface area contributed by atoms with Gasteiger partial charge < -0.3 is 5.73 Å². The van der Waals surface area contributed by atoms with Crippen molar-refractivity contribution >= 4 is 21.8 Å². The van der Waals surface area contributed by atoms with E-state index in [4.69, 9.17) is 5.73 Å². The Labute approximate surface area is 93.8 Å². The van der Waals surface area contributed by atoms with Gasteiger partial charge in [-0.25, -0.2) is 8.42 Å². The van der Waals surface area contributed by atoms with Crippen LogP contribution in [0.25, 0.3) is 0 Å². The Morgan fingerprint density at radius 2 is 2.06 bits per heavy atom. The summed E-state index contributed by atoms with van der Waals surface area (Å²) in [5.74, 6) is 1.41. The van der Waals surface area contributed by atoms with Gasteiger partial charge in [-0.3, -0.25) is 4.79 Å². The maximum absolute atomic E-state index is 11.9. The zero-order valence-electron chi connectivity index (χ0n) is 8.72. The SMILES string of the molecule is C=C=NN(C(=O)C1(N)CC1)S(=O)(=O)C1CC1. The van der Waals surface area contributed by atoms with Crippen LogP contribution in [0.2, 0.25) is 0 Å². The minimum atomic E-state index is -3.70. The topological polar surface area (TPSA) is 92.8 Å². The predicted octanol–water partition coefficient (Wildman–Crippen LogP) is -0.431.